The summed E-state index contributed by atoms with van der Waals surface area (Å²) < 4.78 is 6.14. The molecular weight excluding hydrogens is 392 g/mol. The maximum Gasteiger partial charge on any atom is 0.236 e. The fourth-order valence-electron chi connectivity index (χ4n) is 3.59. The minimum atomic E-state index is -0.172. The van der Waals surface area contributed by atoms with E-state index in [9.17, 15) is 4.79 Å². The van der Waals surface area contributed by atoms with Gasteiger partial charge >= 0.3 is 0 Å². The van der Waals surface area contributed by atoms with Crippen LogP contribution in [0.15, 0.2) is 28.6 Å². The van der Waals surface area contributed by atoms with Gasteiger partial charge in [0.2, 0.25) is 11.0 Å². The average Bonchev–Trinajstić information content (AvgIpc) is 3.16. The maximum atomic E-state index is 13.0. The Hall–Kier alpha value is -1.80. The van der Waals surface area contributed by atoms with E-state index in [4.69, 9.17) is 4.74 Å². The molecule has 1 N–H and O–H groups in total. The normalized spacial score (nSPS) is 15.8. The van der Waals surface area contributed by atoms with Gasteiger partial charge in [0.15, 0.2) is 4.34 Å². The molecule has 1 fully saturated rings. The SMILES string of the molecule is CCN(C(=O)[C@@H](C)Sc1nnc(Nc2ccccc2OC)s1)C1CCCCC1. The van der Waals surface area contributed by atoms with Crippen LogP contribution < -0.4 is 10.1 Å². The fraction of sp³-hybridized carbons (Fsp3) is 0.550. The molecule has 0 bridgehead atoms. The third-order valence-corrected chi connectivity index (χ3v) is 7.03. The number of amides is 1. The number of para-hydroxylation sites is 2. The fourth-order valence-corrected chi connectivity index (χ4v) is 5.57. The molecule has 1 heterocycles. The van der Waals surface area contributed by atoms with Gasteiger partial charge in [-0.2, -0.15) is 0 Å². The van der Waals surface area contributed by atoms with E-state index < -0.39 is 0 Å². The summed E-state index contributed by atoms with van der Waals surface area (Å²) in [6.45, 7) is 4.81. The van der Waals surface area contributed by atoms with Crippen LogP contribution in [0, 0.1) is 0 Å². The monoisotopic (exact) mass is 420 g/mol. The van der Waals surface area contributed by atoms with Crippen molar-refractivity contribution in [2.45, 2.75) is 61.6 Å². The molecule has 0 aliphatic heterocycles. The molecule has 0 unspecified atom stereocenters. The van der Waals surface area contributed by atoms with Crippen LogP contribution in [0.3, 0.4) is 0 Å². The molecule has 1 aromatic carbocycles. The van der Waals surface area contributed by atoms with Crippen LogP contribution in [0.1, 0.15) is 46.0 Å². The van der Waals surface area contributed by atoms with Gasteiger partial charge in [-0.3, -0.25) is 4.79 Å². The molecule has 0 saturated heterocycles. The molecule has 1 amide bonds. The zero-order chi connectivity index (χ0) is 19.9. The van der Waals surface area contributed by atoms with Crippen molar-refractivity contribution in [3.05, 3.63) is 24.3 Å². The van der Waals surface area contributed by atoms with Crippen molar-refractivity contribution in [3.8, 4) is 5.75 Å². The van der Waals surface area contributed by atoms with E-state index in [1.807, 2.05) is 31.2 Å². The van der Waals surface area contributed by atoms with E-state index in [0.29, 0.717) is 11.2 Å². The van der Waals surface area contributed by atoms with E-state index in [2.05, 4.69) is 27.3 Å². The number of hydrogen-bond acceptors (Lipinski definition) is 7. The molecule has 6 nitrogen and oxygen atoms in total. The standard InChI is InChI=1S/C20H28N4O2S2/c1-4-24(15-10-6-5-7-11-15)18(25)14(2)27-20-23-22-19(28-20)21-16-12-8-9-13-17(16)26-3/h8-9,12-15H,4-7,10-11H2,1-3H3,(H,21,22)/t14-/m1/s1. The summed E-state index contributed by atoms with van der Waals surface area (Å²) in [6.07, 6.45) is 6.00. The van der Waals surface area contributed by atoms with Crippen molar-refractivity contribution in [1.29, 1.82) is 0 Å². The Bertz CT molecular complexity index is 777. The first-order valence-corrected chi connectivity index (χ1v) is 11.5. The molecule has 152 valence electrons. The number of rotatable bonds is 8. The van der Waals surface area contributed by atoms with Crippen molar-refractivity contribution in [1.82, 2.24) is 15.1 Å². The molecule has 1 saturated carbocycles. The topological polar surface area (TPSA) is 67.4 Å². The highest BCUT2D eigenvalue weighted by molar-refractivity contribution is 8.02. The number of benzene rings is 1. The summed E-state index contributed by atoms with van der Waals surface area (Å²) in [6, 6.07) is 8.08. The zero-order valence-electron chi connectivity index (χ0n) is 16.7. The first-order chi connectivity index (χ1) is 13.6. The molecule has 2 aromatic rings. The Kier molecular flexibility index (Phi) is 7.56. The highest BCUT2D eigenvalue weighted by Crippen LogP contribution is 2.34. The highest BCUT2D eigenvalue weighted by Gasteiger charge is 2.28. The Morgan fingerprint density at radius 2 is 2.07 bits per heavy atom. The summed E-state index contributed by atoms with van der Waals surface area (Å²) in [5, 5.41) is 12.2. The highest BCUT2D eigenvalue weighted by atomic mass is 32.2. The zero-order valence-corrected chi connectivity index (χ0v) is 18.3. The van der Waals surface area contributed by atoms with Gasteiger partial charge in [-0.1, -0.05) is 54.5 Å². The van der Waals surface area contributed by atoms with Crippen molar-refractivity contribution < 1.29 is 9.53 Å². The Balaban J connectivity index is 1.61. The molecule has 28 heavy (non-hydrogen) atoms. The lowest BCUT2D eigenvalue weighted by atomic mass is 9.94. The van der Waals surface area contributed by atoms with Crippen LogP contribution in [-0.2, 0) is 4.79 Å². The number of thioether (sulfide) groups is 1. The number of carbonyl (C=O) groups is 1. The lowest BCUT2D eigenvalue weighted by Crippen LogP contribution is -2.44. The summed E-state index contributed by atoms with van der Waals surface area (Å²) in [7, 11) is 1.64. The number of nitrogens with zero attached hydrogens (tertiary/aromatic N) is 3. The third kappa shape index (κ3) is 5.17. The van der Waals surface area contributed by atoms with Crippen molar-refractivity contribution in [2.24, 2.45) is 0 Å². The second kappa shape index (κ2) is 10.1. The lowest BCUT2D eigenvalue weighted by Gasteiger charge is -2.35. The molecule has 0 spiro atoms. The second-order valence-corrected chi connectivity index (χ2v) is 9.44. The predicted octanol–water partition coefficient (Wildman–Crippen LogP) is 4.95. The Morgan fingerprint density at radius 1 is 1.32 bits per heavy atom. The lowest BCUT2D eigenvalue weighted by molar-refractivity contribution is -0.133. The van der Waals surface area contributed by atoms with E-state index in [-0.39, 0.29) is 11.2 Å². The van der Waals surface area contributed by atoms with Crippen LogP contribution in [0.2, 0.25) is 0 Å². The minimum Gasteiger partial charge on any atom is -0.495 e. The van der Waals surface area contributed by atoms with E-state index in [1.54, 1.807) is 7.11 Å². The molecule has 0 radical (unpaired) electrons. The maximum absolute atomic E-state index is 13.0. The summed E-state index contributed by atoms with van der Waals surface area (Å²) >= 11 is 2.93. The minimum absolute atomic E-state index is 0.172. The Morgan fingerprint density at radius 3 is 2.79 bits per heavy atom. The largest absolute Gasteiger partial charge is 0.495 e. The van der Waals surface area contributed by atoms with Crippen molar-refractivity contribution in [2.75, 3.05) is 19.0 Å². The van der Waals surface area contributed by atoms with Gasteiger partial charge in [-0.25, -0.2) is 0 Å². The van der Waals surface area contributed by atoms with Crippen molar-refractivity contribution in [3.63, 3.8) is 0 Å². The van der Waals surface area contributed by atoms with Gasteiger partial charge in [0.05, 0.1) is 18.0 Å². The second-order valence-electron chi connectivity index (χ2n) is 6.87. The number of nitrogens with one attached hydrogen (secondary N) is 1. The van der Waals surface area contributed by atoms with Gasteiger partial charge in [0.25, 0.3) is 0 Å². The van der Waals surface area contributed by atoms with Gasteiger partial charge < -0.3 is 15.0 Å². The number of aromatic nitrogens is 2. The number of hydrogen-bond donors (Lipinski definition) is 1. The Labute approximate surface area is 175 Å². The quantitative estimate of drug-likeness (QED) is 0.609. The first-order valence-electron chi connectivity index (χ1n) is 9.83. The van der Waals surface area contributed by atoms with Crippen molar-refractivity contribution >= 4 is 39.8 Å². The van der Waals surface area contributed by atoms with Crippen LogP contribution in [0.4, 0.5) is 10.8 Å². The smallest absolute Gasteiger partial charge is 0.236 e. The summed E-state index contributed by atoms with van der Waals surface area (Å²) in [5.74, 6) is 0.954. The molecule has 1 atom stereocenters. The molecule has 3 rings (SSSR count). The molecular formula is C20H28N4O2S2. The van der Waals surface area contributed by atoms with Crippen LogP contribution in [0.5, 0.6) is 5.75 Å². The van der Waals surface area contributed by atoms with Crippen LogP contribution >= 0.6 is 23.1 Å². The molecule has 1 aliphatic rings. The van der Waals surface area contributed by atoms with Crippen LogP contribution in [-0.4, -0.2) is 46.0 Å². The van der Waals surface area contributed by atoms with Gasteiger partial charge in [0, 0.05) is 12.6 Å². The number of anilines is 2. The van der Waals surface area contributed by atoms with Gasteiger partial charge in [-0.15, -0.1) is 10.2 Å². The summed E-state index contributed by atoms with van der Waals surface area (Å²) in [4.78, 5) is 15.0. The third-order valence-electron chi connectivity index (χ3n) is 5.02. The average molecular weight is 421 g/mol. The predicted molar refractivity (Wildman–Crippen MR) is 116 cm³/mol. The van der Waals surface area contributed by atoms with E-state index in [0.717, 1.165) is 35.2 Å². The van der Waals surface area contributed by atoms with E-state index >= 15 is 0 Å². The molecule has 1 aliphatic carbocycles. The number of carbonyl (C=O) groups excluding carboxylic acids is 1. The van der Waals surface area contributed by atoms with Gasteiger partial charge in [0.1, 0.15) is 5.75 Å². The van der Waals surface area contributed by atoms with Gasteiger partial charge in [-0.05, 0) is 38.8 Å². The van der Waals surface area contributed by atoms with E-state index in [1.165, 1.54) is 42.4 Å². The molecule has 1 aromatic heterocycles. The molecule has 8 heteroatoms. The summed E-state index contributed by atoms with van der Waals surface area (Å²) in [5.41, 5.74) is 0.844. The number of methoxy groups -OCH3 is 1. The number of ether oxygens (including phenoxy) is 1. The van der Waals surface area contributed by atoms with Crippen LogP contribution in [0.25, 0.3) is 0 Å². The first kappa shape index (κ1) is 20.9.